The Labute approximate surface area is 99.6 Å². The van der Waals surface area contributed by atoms with Crippen LogP contribution in [0.15, 0.2) is 34.9 Å². The molecule has 0 aliphatic heterocycles. The summed E-state index contributed by atoms with van der Waals surface area (Å²) in [4.78, 5) is 4.19. The van der Waals surface area contributed by atoms with Crippen LogP contribution in [0.2, 0.25) is 0 Å². The second-order valence-electron chi connectivity index (χ2n) is 3.55. The largest absolute Gasteiger partial charge is 0.493 e. The maximum absolute atomic E-state index is 5.53. The molecule has 0 bridgehead atoms. The van der Waals surface area contributed by atoms with Crippen LogP contribution in [0.1, 0.15) is 11.7 Å². The Kier molecular flexibility index (Phi) is 4.10. The van der Waals surface area contributed by atoms with Crippen LogP contribution in [0.5, 0.6) is 5.75 Å². The Hall–Kier alpha value is -1.88. The van der Waals surface area contributed by atoms with Gasteiger partial charge in [0.25, 0.3) is 0 Å². The van der Waals surface area contributed by atoms with Crippen LogP contribution < -0.4 is 10.5 Å². The molecule has 0 saturated heterocycles. The molecule has 5 nitrogen and oxygen atoms in total. The zero-order valence-corrected chi connectivity index (χ0v) is 9.50. The van der Waals surface area contributed by atoms with Gasteiger partial charge in [-0.25, -0.2) is 0 Å². The number of nitrogens with two attached hydrogens (primary N) is 1. The summed E-state index contributed by atoms with van der Waals surface area (Å²) in [6.45, 7) is 1.05. The van der Waals surface area contributed by atoms with Crippen molar-refractivity contribution in [3.8, 4) is 5.75 Å². The molecule has 1 aromatic heterocycles. The Balaban J connectivity index is 1.78. The van der Waals surface area contributed by atoms with Gasteiger partial charge in [-0.05, 0) is 18.7 Å². The van der Waals surface area contributed by atoms with Gasteiger partial charge < -0.3 is 15.0 Å². The highest BCUT2D eigenvalue weighted by molar-refractivity contribution is 5.20. The maximum atomic E-state index is 5.53. The van der Waals surface area contributed by atoms with Crippen LogP contribution in [0.3, 0.4) is 0 Å². The lowest BCUT2D eigenvalue weighted by Crippen LogP contribution is -2.04. The molecule has 5 heteroatoms. The van der Waals surface area contributed by atoms with E-state index in [0.29, 0.717) is 37.7 Å². The van der Waals surface area contributed by atoms with Crippen molar-refractivity contribution in [1.29, 1.82) is 0 Å². The van der Waals surface area contributed by atoms with Crippen LogP contribution in [-0.4, -0.2) is 23.3 Å². The highest BCUT2D eigenvalue weighted by Gasteiger charge is 2.05. The average molecular weight is 233 g/mol. The molecule has 0 aliphatic rings. The van der Waals surface area contributed by atoms with Crippen molar-refractivity contribution in [2.24, 2.45) is 5.73 Å². The minimum atomic E-state index is 0.522. The fraction of sp³-hybridized carbons (Fsp3) is 0.333. The molecular weight excluding hydrogens is 218 g/mol. The molecular formula is C12H15N3O2. The topological polar surface area (TPSA) is 74.2 Å². The fourth-order valence-electron chi connectivity index (χ4n) is 1.40. The van der Waals surface area contributed by atoms with Crippen molar-refractivity contribution in [1.82, 2.24) is 10.1 Å². The van der Waals surface area contributed by atoms with Gasteiger partial charge in [0.2, 0.25) is 5.89 Å². The molecule has 0 amide bonds. The van der Waals surface area contributed by atoms with E-state index in [9.17, 15) is 0 Å². The number of nitrogens with zero attached hydrogens (tertiary/aromatic N) is 2. The first kappa shape index (κ1) is 11.6. The third kappa shape index (κ3) is 3.57. The van der Waals surface area contributed by atoms with Crippen molar-refractivity contribution in [2.45, 2.75) is 12.8 Å². The van der Waals surface area contributed by atoms with E-state index in [1.165, 1.54) is 0 Å². The van der Waals surface area contributed by atoms with Crippen LogP contribution in [-0.2, 0) is 12.8 Å². The summed E-state index contributed by atoms with van der Waals surface area (Å²) in [5.74, 6) is 2.08. The van der Waals surface area contributed by atoms with E-state index in [1.807, 2.05) is 30.3 Å². The second kappa shape index (κ2) is 6.00. The van der Waals surface area contributed by atoms with E-state index < -0.39 is 0 Å². The first-order chi connectivity index (χ1) is 8.38. The molecule has 0 atom stereocenters. The molecule has 0 aliphatic carbocycles. The second-order valence-corrected chi connectivity index (χ2v) is 3.55. The number of hydrogen-bond acceptors (Lipinski definition) is 5. The monoisotopic (exact) mass is 233 g/mol. The van der Waals surface area contributed by atoms with Gasteiger partial charge in [-0.1, -0.05) is 23.4 Å². The van der Waals surface area contributed by atoms with Gasteiger partial charge in [0, 0.05) is 6.42 Å². The van der Waals surface area contributed by atoms with Crippen LogP contribution in [0.25, 0.3) is 0 Å². The Morgan fingerprint density at radius 1 is 1.18 bits per heavy atom. The molecule has 0 radical (unpaired) electrons. The van der Waals surface area contributed by atoms with E-state index in [1.54, 1.807) is 0 Å². The third-order valence-electron chi connectivity index (χ3n) is 2.21. The lowest BCUT2D eigenvalue weighted by atomic mass is 10.3. The van der Waals surface area contributed by atoms with Gasteiger partial charge in [-0.2, -0.15) is 4.98 Å². The zero-order valence-electron chi connectivity index (χ0n) is 9.50. The predicted molar refractivity (Wildman–Crippen MR) is 62.7 cm³/mol. The van der Waals surface area contributed by atoms with Gasteiger partial charge in [0.15, 0.2) is 5.82 Å². The van der Waals surface area contributed by atoms with Crippen LogP contribution in [0, 0.1) is 0 Å². The standard InChI is InChI=1S/C12H15N3O2/c13-8-6-11-14-12(17-15-11)7-9-16-10-4-2-1-3-5-10/h1-5H,6-9,13H2. The average Bonchev–Trinajstić information content (AvgIpc) is 2.79. The van der Waals surface area contributed by atoms with Crippen LogP contribution >= 0.6 is 0 Å². The molecule has 0 fully saturated rings. The number of para-hydroxylation sites is 1. The van der Waals surface area contributed by atoms with Gasteiger partial charge in [-0.15, -0.1) is 0 Å². The van der Waals surface area contributed by atoms with Crippen molar-refractivity contribution < 1.29 is 9.26 Å². The van der Waals surface area contributed by atoms with Gasteiger partial charge in [0.1, 0.15) is 5.75 Å². The number of ether oxygens (including phenoxy) is 1. The summed E-state index contributed by atoms with van der Waals surface area (Å²) in [7, 11) is 0. The molecule has 2 N–H and O–H groups in total. The molecule has 90 valence electrons. The molecule has 1 heterocycles. The molecule has 2 rings (SSSR count). The molecule has 1 aromatic carbocycles. The zero-order chi connectivity index (χ0) is 11.9. The predicted octanol–water partition coefficient (Wildman–Crippen LogP) is 1.19. The SMILES string of the molecule is NCCc1noc(CCOc2ccccc2)n1. The quantitative estimate of drug-likeness (QED) is 0.811. The molecule has 0 unspecified atom stereocenters. The van der Waals surface area contributed by atoms with E-state index in [4.69, 9.17) is 15.0 Å². The summed E-state index contributed by atoms with van der Waals surface area (Å²) in [6.07, 6.45) is 1.25. The summed E-state index contributed by atoms with van der Waals surface area (Å²) in [5.41, 5.74) is 5.40. The van der Waals surface area contributed by atoms with E-state index in [2.05, 4.69) is 10.1 Å². The van der Waals surface area contributed by atoms with Gasteiger partial charge in [-0.3, -0.25) is 0 Å². The number of hydrogen-bond donors (Lipinski definition) is 1. The van der Waals surface area contributed by atoms with Crippen molar-refractivity contribution in [3.05, 3.63) is 42.0 Å². The Bertz CT molecular complexity index is 442. The third-order valence-corrected chi connectivity index (χ3v) is 2.21. The lowest BCUT2D eigenvalue weighted by molar-refractivity contribution is 0.292. The van der Waals surface area contributed by atoms with E-state index in [-0.39, 0.29) is 0 Å². The van der Waals surface area contributed by atoms with Gasteiger partial charge >= 0.3 is 0 Å². The smallest absolute Gasteiger partial charge is 0.230 e. The van der Waals surface area contributed by atoms with Crippen molar-refractivity contribution in [2.75, 3.05) is 13.2 Å². The van der Waals surface area contributed by atoms with Gasteiger partial charge in [0.05, 0.1) is 13.0 Å². The number of benzene rings is 1. The summed E-state index contributed by atoms with van der Waals surface area (Å²) in [5, 5.41) is 3.81. The normalized spacial score (nSPS) is 10.4. The summed E-state index contributed by atoms with van der Waals surface area (Å²) < 4.78 is 10.6. The molecule has 0 spiro atoms. The minimum Gasteiger partial charge on any atom is -0.493 e. The van der Waals surface area contributed by atoms with E-state index in [0.717, 1.165) is 5.75 Å². The number of aromatic nitrogens is 2. The molecule has 2 aromatic rings. The minimum absolute atomic E-state index is 0.522. The molecule has 17 heavy (non-hydrogen) atoms. The summed E-state index contributed by atoms with van der Waals surface area (Å²) >= 11 is 0. The summed E-state index contributed by atoms with van der Waals surface area (Å²) in [6, 6.07) is 9.63. The van der Waals surface area contributed by atoms with Crippen LogP contribution in [0.4, 0.5) is 0 Å². The first-order valence-corrected chi connectivity index (χ1v) is 5.58. The van der Waals surface area contributed by atoms with Crippen molar-refractivity contribution in [3.63, 3.8) is 0 Å². The Morgan fingerprint density at radius 2 is 2.00 bits per heavy atom. The lowest BCUT2D eigenvalue weighted by Gasteiger charge is -2.02. The number of rotatable bonds is 6. The van der Waals surface area contributed by atoms with E-state index >= 15 is 0 Å². The van der Waals surface area contributed by atoms with Crippen molar-refractivity contribution >= 4 is 0 Å². The highest BCUT2D eigenvalue weighted by Crippen LogP contribution is 2.08. The maximum Gasteiger partial charge on any atom is 0.230 e. The molecule has 0 saturated carbocycles. The highest BCUT2D eigenvalue weighted by atomic mass is 16.5. The fourth-order valence-corrected chi connectivity index (χ4v) is 1.40. The first-order valence-electron chi connectivity index (χ1n) is 5.58. The Morgan fingerprint density at radius 3 is 2.76 bits per heavy atom.